The maximum absolute atomic E-state index is 12.7. The van der Waals surface area contributed by atoms with E-state index in [-0.39, 0.29) is 24.1 Å². The first-order valence-corrected chi connectivity index (χ1v) is 11.7. The lowest BCUT2D eigenvalue weighted by atomic mass is 10.1. The molecule has 1 fully saturated rings. The zero-order chi connectivity index (χ0) is 23.8. The second kappa shape index (κ2) is 11.6. The number of hydrazine groups is 1. The van der Waals surface area contributed by atoms with Crippen molar-refractivity contribution in [2.75, 3.05) is 6.54 Å². The van der Waals surface area contributed by atoms with Crippen LogP contribution in [0.25, 0.3) is 6.08 Å². The van der Waals surface area contributed by atoms with E-state index in [0.29, 0.717) is 27.8 Å². The molecule has 8 heteroatoms. The monoisotopic (exact) mass is 479 g/mol. The molecule has 33 heavy (non-hydrogen) atoms. The molecule has 170 valence electrons. The number of rotatable bonds is 7. The van der Waals surface area contributed by atoms with E-state index in [0.717, 1.165) is 16.7 Å². The van der Waals surface area contributed by atoms with Crippen molar-refractivity contribution < 1.29 is 14.4 Å². The van der Waals surface area contributed by atoms with Gasteiger partial charge in [-0.15, -0.1) is 0 Å². The number of hydrogen-bond donors (Lipinski definition) is 2. The molecule has 0 bridgehead atoms. The average Bonchev–Trinajstić information content (AvgIpc) is 3.05. The molecule has 0 radical (unpaired) electrons. The van der Waals surface area contributed by atoms with Gasteiger partial charge in [0.1, 0.15) is 4.32 Å². The van der Waals surface area contributed by atoms with Crippen molar-refractivity contribution in [1.82, 2.24) is 15.8 Å². The number of thioether (sulfide) groups is 1. The van der Waals surface area contributed by atoms with Crippen molar-refractivity contribution in [2.45, 2.75) is 26.7 Å². The van der Waals surface area contributed by atoms with E-state index in [1.165, 1.54) is 16.7 Å². The molecule has 3 rings (SSSR count). The van der Waals surface area contributed by atoms with Gasteiger partial charge in [0.05, 0.1) is 4.91 Å². The van der Waals surface area contributed by atoms with E-state index < -0.39 is 0 Å². The highest BCUT2D eigenvalue weighted by Gasteiger charge is 2.31. The molecule has 0 aromatic heterocycles. The summed E-state index contributed by atoms with van der Waals surface area (Å²) in [5, 5.41) is 0. The Hall–Kier alpha value is -3.23. The zero-order valence-corrected chi connectivity index (χ0v) is 20.1. The predicted molar refractivity (Wildman–Crippen MR) is 136 cm³/mol. The Labute approximate surface area is 203 Å². The van der Waals surface area contributed by atoms with Gasteiger partial charge in [-0.05, 0) is 49.1 Å². The van der Waals surface area contributed by atoms with Crippen molar-refractivity contribution in [3.63, 3.8) is 0 Å². The summed E-state index contributed by atoms with van der Waals surface area (Å²) in [6.07, 6.45) is 4.41. The first kappa shape index (κ1) is 24.4. The molecule has 1 saturated heterocycles. The second-order valence-electron chi connectivity index (χ2n) is 7.55. The van der Waals surface area contributed by atoms with Gasteiger partial charge < -0.3 is 0 Å². The molecule has 2 aromatic rings. The number of nitrogens with zero attached hydrogens (tertiary/aromatic N) is 1. The van der Waals surface area contributed by atoms with Gasteiger partial charge in [-0.2, -0.15) is 0 Å². The Morgan fingerprint density at radius 3 is 2.48 bits per heavy atom. The smallest absolute Gasteiger partial charge is 0.269 e. The maximum atomic E-state index is 12.7. The maximum Gasteiger partial charge on any atom is 0.269 e. The first-order valence-electron chi connectivity index (χ1n) is 10.5. The highest BCUT2D eigenvalue weighted by Crippen LogP contribution is 2.32. The lowest BCUT2D eigenvalue weighted by Gasteiger charge is -2.14. The fraction of sp³-hybridized carbons (Fsp3) is 0.200. The fourth-order valence-corrected chi connectivity index (χ4v) is 4.59. The largest absolute Gasteiger partial charge is 0.293 e. The van der Waals surface area contributed by atoms with Crippen molar-refractivity contribution in [3.05, 3.63) is 87.8 Å². The standard InChI is InChI=1S/C25H25N3O3S2/c1-17(15-19-10-4-3-5-11-19)16-21-24(31)28(25(32)33-21)14-8-13-22(29)26-27-23(30)20-12-7-6-9-18(20)2/h3-7,9-12,15-16H,8,13-14H2,1-2H3,(H,26,29)(H,27,30)/b17-15+,21-16-. The van der Waals surface area contributed by atoms with Gasteiger partial charge in [-0.1, -0.05) is 78.6 Å². The molecule has 1 aliphatic heterocycles. The quantitative estimate of drug-likeness (QED) is 0.350. The Kier molecular flexibility index (Phi) is 8.57. The third-order valence-electron chi connectivity index (χ3n) is 4.92. The number of allylic oxidation sites excluding steroid dienone is 2. The second-order valence-corrected chi connectivity index (χ2v) is 9.23. The molecule has 0 atom stereocenters. The minimum Gasteiger partial charge on any atom is -0.293 e. The van der Waals surface area contributed by atoms with Crippen LogP contribution in [0.1, 0.15) is 41.3 Å². The Morgan fingerprint density at radius 1 is 1.06 bits per heavy atom. The molecule has 2 N–H and O–H groups in total. The van der Waals surface area contributed by atoms with Crippen molar-refractivity contribution in [1.29, 1.82) is 0 Å². The van der Waals surface area contributed by atoms with Crippen molar-refractivity contribution >= 4 is 52.1 Å². The van der Waals surface area contributed by atoms with Gasteiger partial charge in [0.2, 0.25) is 5.91 Å². The van der Waals surface area contributed by atoms with Gasteiger partial charge in [0.25, 0.3) is 11.8 Å². The third kappa shape index (κ3) is 6.87. The Bertz CT molecular complexity index is 1130. The SMILES string of the molecule is CC(/C=C1\SC(=S)N(CCCC(=O)NNC(=O)c2ccccc2C)C1=O)=C\c1ccccc1. The molecule has 0 unspecified atom stereocenters. The van der Waals surface area contributed by atoms with Gasteiger partial charge in [0, 0.05) is 18.5 Å². The summed E-state index contributed by atoms with van der Waals surface area (Å²) >= 11 is 6.62. The minimum absolute atomic E-state index is 0.150. The van der Waals surface area contributed by atoms with Gasteiger partial charge in [0.15, 0.2) is 0 Å². The molecule has 0 spiro atoms. The van der Waals surface area contributed by atoms with Crippen LogP contribution in [0.15, 0.2) is 71.2 Å². The van der Waals surface area contributed by atoms with Crippen LogP contribution in [0.2, 0.25) is 0 Å². The number of carbonyl (C=O) groups is 3. The van der Waals surface area contributed by atoms with E-state index in [4.69, 9.17) is 12.2 Å². The summed E-state index contributed by atoms with van der Waals surface area (Å²) in [6.45, 7) is 4.10. The van der Waals surface area contributed by atoms with E-state index in [2.05, 4.69) is 10.9 Å². The third-order valence-corrected chi connectivity index (χ3v) is 6.29. The van der Waals surface area contributed by atoms with Crippen molar-refractivity contribution in [2.24, 2.45) is 0 Å². The van der Waals surface area contributed by atoms with Crippen LogP contribution in [0.4, 0.5) is 0 Å². The van der Waals surface area contributed by atoms with Gasteiger partial charge >= 0.3 is 0 Å². The van der Waals surface area contributed by atoms with Crippen LogP contribution in [-0.2, 0) is 9.59 Å². The summed E-state index contributed by atoms with van der Waals surface area (Å²) < 4.78 is 0.479. The summed E-state index contributed by atoms with van der Waals surface area (Å²) in [6, 6.07) is 17.0. The minimum atomic E-state index is -0.373. The molecule has 2 aromatic carbocycles. The highest BCUT2D eigenvalue weighted by atomic mass is 32.2. The van der Waals surface area contributed by atoms with Crippen LogP contribution >= 0.6 is 24.0 Å². The number of hydrogen-bond acceptors (Lipinski definition) is 5. The van der Waals surface area contributed by atoms with Gasteiger partial charge in [-0.25, -0.2) is 0 Å². The predicted octanol–water partition coefficient (Wildman–Crippen LogP) is 4.38. The molecular formula is C25H25N3O3S2. The molecule has 3 amide bonds. The Balaban J connectivity index is 1.47. The van der Waals surface area contributed by atoms with Crippen LogP contribution in [-0.4, -0.2) is 33.5 Å². The topological polar surface area (TPSA) is 78.5 Å². The van der Waals surface area contributed by atoms with Crippen LogP contribution < -0.4 is 10.9 Å². The molecular weight excluding hydrogens is 454 g/mol. The number of thiocarbonyl (C=S) groups is 1. The molecule has 6 nitrogen and oxygen atoms in total. The highest BCUT2D eigenvalue weighted by molar-refractivity contribution is 8.26. The van der Waals surface area contributed by atoms with Crippen molar-refractivity contribution in [3.8, 4) is 0 Å². The van der Waals surface area contributed by atoms with Crippen LogP contribution in [0, 0.1) is 6.92 Å². The lowest BCUT2D eigenvalue weighted by molar-refractivity contribution is -0.124. The van der Waals surface area contributed by atoms with Crippen LogP contribution in [0.3, 0.4) is 0 Å². The van der Waals surface area contributed by atoms with Crippen LogP contribution in [0.5, 0.6) is 0 Å². The normalized spacial score (nSPS) is 15.2. The average molecular weight is 480 g/mol. The Morgan fingerprint density at radius 2 is 1.76 bits per heavy atom. The lowest BCUT2D eigenvalue weighted by Crippen LogP contribution is -2.42. The van der Waals surface area contributed by atoms with E-state index in [1.54, 1.807) is 12.1 Å². The number of nitrogens with one attached hydrogen (secondary N) is 2. The number of benzene rings is 2. The molecule has 0 aliphatic carbocycles. The number of amides is 3. The first-order chi connectivity index (χ1) is 15.8. The molecule has 1 heterocycles. The summed E-state index contributed by atoms with van der Waals surface area (Å²) in [4.78, 5) is 39.1. The van der Waals surface area contributed by atoms with E-state index in [9.17, 15) is 14.4 Å². The number of carbonyl (C=O) groups excluding carboxylic acids is 3. The molecule has 0 saturated carbocycles. The molecule has 1 aliphatic rings. The number of aryl methyl sites for hydroxylation is 1. The summed E-state index contributed by atoms with van der Waals surface area (Å²) in [5.74, 6) is -0.860. The summed E-state index contributed by atoms with van der Waals surface area (Å²) in [5.41, 5.74) is 8.16. The van der Waals surface area contributed by atoms with Gasteiger partial charge in [-0.3, -0.25) is 30.1 Å². The summed E-state index contributed by atoms with van der Waals surface area (Å²) in [7, 11) is 0. The van der Waals surface area contributed by atoms with E-state index >= 15 is 0 Å². The zero-order valence-electron chi connectivity index (χ0n) is 18.5. The van der Waals surface area contributed by atoms with E-state index in [1.807, 2.05) is 68.5 Å². The fourth-order valence-electron chi connectivity index (χ4n) is 3.24.